The van der Waals surface area contributed by atoms with Gasteiger partial charge in [-0.15, -0.1) is 0 Å². The molecule has 0 aliphatic rings. The van der Waals surface area contributed by atoms with E-state index in [0.717, 1.165) is 16.7 Å². The summed E-state index contributed by atoms with van der Waals surface area (Å²) in [7, 11) is -0.945. The molecule has 180 valence electrons. The SMILES string of the molecule is COc1ccc([C@@H](C)NC(=O)c2ccc(Cl)c(S(=O)(=O)Nc3ccc(C)cc3C)c2)cc1OC. The molecule has 0 aromatic heterocycles. The molecule has 9 heteroatoms. The van der Waals surface area contributed by atoms with Crippen molar-refractivity contribution in [2.75, 3.05) is 18.9 Å². The van der Waals surface area contributed by atoms with Crippen molar-refractivity contribution in [1.29, 1.82) is 0 Å². The number of carbonyl (C=O) groups excluding carboxylic acids is 1. The molecule has 0 heterocycles. The van der Waals surface area contributed by atoms with Crippen LogP contribution >= 0.6 is 11.6 Å². The van der Waals surface area contributed by atoms with Crippen molar-refractivity contribution in [2.24, 2.45) is 0 Å². The standard InChI is InChI=1S/C25H27ClN2O5S/c1-15-6-10-21(16(2)12-15)28-34(30,31)24-14-19(7-9-20(24)26)25(29)27-17(3)18-8-11-22(32-4)23(13-18)33-5/h6-14,17,28H,1-5H3,(H,27,29)/t17-/m1/s1. The third-order valence-electron chi connectivity index (χ3n) is 5.36. The van der Waals surface area contributed by atoms with E-state index in [1.165, 1.54) is 25.3 Å². The minimum atomic E-state index is -4.03. The molecule has 7 nitrogen and oxygen atoms in total. The molecule has 0 aliphatic heterocycles. The van der Waals surface area contributed by atoms with Crippen LogP contribution in [0.15, 0.2) is 59.5 Å². The van der Waals surface area contributed by atoms with E-state index >= 15 is 0 Å². The van der Waals surface area contributed by atoms with Gasteiger partial charge in [-0.2, -0.15) is 0 Å². The number of anilines is 1. The number of sulfonamides is 1. The lowest BCUT2D eigenvalue weighted by atomic mass is 10.1. The first-order valence-electron chi connectivity index (χ1n) is 10.5. The molecule has 0 bridgehead atoms. The monoisotopic (exact) mass is 502 g/mol. The van der Waals surface area contributed by atoms with Crippen molar-refractivity contribution in [3.05, 3.63) is 81.9 Å². The van der Waals surface area contributed by atoms with Crippen LogP contribution in [0.1, 0.15) is 40.0 Å². The van der Waals surface area contributed by atoms with E-state index in [1.807, 2.05) is 39.0 Å². The van der Waals surface area contributed by atoms with Gasteiger partial charge in [-0.3, -0.25) is 9.52 Å². The van der Waals surface area contributed by atoms with Gasteiger partial charge in [0.25, 0.3) is 15.9 Å². The molecule has 0 fully saturated rings. The van der Waals surface area contributed by atoms with Crippen LogP contribution in [-0.4, -0.2) is 28.5 Å². The smallest absolute Gasteiger partial charge is 0.263 e. The molecule has 1 amide bonds. The summed E-state index contributed by atoms with van der Waals surface area (Å²) >= 11 is 6.20. The number of hydrogen-bond acceptors (Lipinski definition) is 5. The molecule has 2 N–H and O–H groups in total. The van der Waals surface area contributed by atoms with E-state index < -0.39 is 15.9 Å². The van der Waals surface area contributed by atoms with Gasteiger partial charge in [0.1, 0.15) is 4.90 Å². The Kier molecular flexibility index (Phi) is 7.74. The maximum absolute atomic E-state index is 13.1. The number of aryl methyl sites for hydroxylation is 2. The van der Waals surface area contributed by atoms with Crippen molar-refractivity contribution in [3.63, 3.8) is 0 Å². The fourth-order valence-corrected chi connectivity index (χ4v) is 5.12. The Balaban J connectivity index is 1.84. The first-order valence-corrected chi connectivity index (χ1v) is 12.3. The number of hydrogen-bond donors (Lipinski definition) is 2. The van der Waals surface area contributed by atoms with Crippen molar-refractivity contribution >= 4 is 33.2 Å². The predicted molar refractivity (Wildman–Crippen MR) is 134 cm³/mol. The molecule has 3 aromatic rings. The Morgan fingerprint density at radius 1 is 0.941 bits per heavy atom. The number of amides is 1. The number of carbonyl (C=O) groups is 1. The molecular weight excluding hydrogens is 476 g/mol. The highest BCUT2D eigenvalue weighted by Gasteiger charge is 2.22. The fraction of sp³-hybridized carbons (Fsp3) is 0.240. The molecule has 0 saturated heterocycles. The first kappa shape index (κ1) is 25.4. The second-order valence-corrected chi connectivity index (χ2v) is 9.94. The zero-order chi connectivity index (χ0) is 25.0. The third-order valence-corrected chi connectivity index (χ3v) is 7.21. The van der Waals surface area contributed by atoms with E-state index in [9.17, 15) is 13.2 Å². The van der Waals surface area contributed by atoms with Crippen molar-refractivity contribution in [2.45, 2.75) is 31.7 Å². The summed E-state index contributed by atoms with van der Waals surface area (Å²) in [6.07, 6.45) is 0. The van der Waals surface area contributed by atoms with E-state index in [0.29, 0.717) is 17.2 Å². The number of halogens is 1. The van der Waals surface area contributed by atoms with E-state index in [2.05, 4.69) is 10.0 Å². The number of rotatable bonds is 8. The van der Waals surface area contributed by atoms with Crippen molar-refractivity contribution in [3.8, 4) is 11.5 Å². The quantitative estimate of drug-likeness (QED) is 0.438. The van der Waals surface area contributed by atoms with Crippen LogP contribution in [0.3, 0.4) is 0 Å². The molecule has 0 radical (unpaired) electrons. The molecular formula is C25H27ClN2O5S. The number of benzene rings is 3. The topological polar surface area (TPSA) is 93.7 Å². The second kappa shape index (κ2) is 10.4. The van der Waals surface area contributed by atoms with Crippen LogP contribution < -0.4 is 19.5 Å². The first-order chi connectivity index (χ1) is 16.1. The molecule has 0 unspecified atom stereocenters. The maximum Gasteiger partial charge on any atom is 0.263 e. The van der Waals surface area contributed by atoms with Crippen LogP contribution in [0.4, 0.5) is 5.69 Å². The number of methoxy groups -OCH3 is 2. The number of ether oxygens (including phenoxy) is 2. The largest absolute Gasteiger partial charge is 0.493 e. The van der Waals surface area contributed by atoms with E-state index in [4.69, 9.17) is 21.1 Å². The summed E-state index contributed by atoms with van der Waals surface area (Å²) in [5, 5.41) is 2.89. The van der Waals surface area contributed by atoms with Crippen LogP contribution in [0.5, 0.6) is 11.5 Å². The van der Waals surface area contributed by atoms with Gasteiger partial charge in [0.05, 0.1) is 31.0 Å². The molecule has 0 saturated carbocycles. The van der Waals surface area contributed by atoms with Crippen molar-refractivity contribution in [1.82, 2.24) is 5.32 Å². The Labute approximate surface area is 205 Å². The summed E-state index contributed by atoms with van der Waals surface area (Å²) in [6.45, 7) is 5.55. The average Bonchev–Trinajstić information content (AvgIpc) is 2.80. The second-order valence-electron chi connectivity index (χ2n) is 7.88. The number of nitrogens with one attached hydrogen (secondary N) is 2. The predicted octanol–water partition coefficient (Wildman–Crippen LogP) is 5.27. The van der Waals surface area contributed by atoms with Crippen LogP contribution in [0.2, 0.25) is 5.02 Å². The van der Waals surface area contributed by atoms with Gasteiger partial charge >= 0.3 is 0 Å². The average molecular weight is 503 g/mol. The zero-order valence-electron chi connectivity index (χ0n) is 19.6. The molecule has 0 aliphatic carbocycles. The molecule has 1 atom stereocenters. The third kappa shape index (κ3) is 5.63. The molecule has 3 rings (SSSR count). The normalized spacial score (nSPS) is 12.1. The zero-order valence-corrected chi connectivity index (χ0v) is 21.2. The lowest BCUT2D eigenvalue weighted by molar-refractivity contribution is 0.0939. The lowest BCUT2D eigenvalue weighted by Gasteiger charge is -2.17. The molecule has 0 spiro atoms. The Bertz CT molecular complexity index is 1320. The Morgan fingerprint density at radius 3 is 2.29 bits per heavy atom. The van der Waals surface area contributed by atoms with E-state index in [1.54, 1.807) is 25.3 Å². The van der Waals surface area contributed by atoms with Crippen LogP contribution in [-0.2, 0) is 10.0 Å². The van der Waals surface area contributed by atoms with Gasteiger partial charge in [0.15, 0.2) is 11.5 Å². The van der Waals surface area contributed by atoms with Gasteiger partial charge in [-0.1, -0.05) is 35.4 Å². The van der Waals surface area contributed by atoms with Gasteiger partial charge in [-0.05, 0) is 68.3 Å². The van der Waals surface area contributed by atoms with Crippen LogP contribution in [0.25, 0.3) is 0 Å². The highest BCUT2D eigenvalue weighted by atomic mass is 35.5. The maximum atomic E-state index is 13.1. The summed E-state index contributed by atoms with van der Waals surface area (Å²) in [6, 6.07) is 14.5. The van der Waals surface area contributed by atoms with E-state index in [-0.39, 0.29) is 21.5 Å². The van der Waals surface area contributed by atoms with Gasteiger partial charge in [0.2, 0.25) is 0 Å². The Morgan fingerprint density at radius 2 is 1.65 bits per heavy atom. The minimum Gasteiger partial charge on any atom is -0.493 e. The van der Waals surface area contributed by atoms with Crippen LogP contribution in [0, 0.1) is 13.8 Å². The lowest BCUT2D eigenvalue weighted by Crippen LogP contribution is -2.27. The van der Waals surface area contributed by atoms with Gasteiger partial charge < -0.3 is 14.8 Å². The molecule has 34 heavy (non-hydrogen) atoms. The van der Waals surface area contributed by atoms with Crippen molar-refractivity contribution < 1.29 is 22.7 Å². The highest BCUT2D eigenvalue weighted by molar-refractivity contribution is 7.92. The summed E-state index contributed by atoms with van der Waals surface area (Å²) in [4.78, 5) is 12.7. The van der Waals surface area contributed by atoms with Gasteiger partial charge in [0, 0.05) is 5.56 Å². The summed E-state index contributed by atoms with van der Waals surface area (Å²) in [5.74, 6) is 0.675. The van der Waals surface area contributed by atoms with Gasteiger partial charge in [-0.25, -0.2) is 8.42 Å². The molecule has 3 aromatic carbocycles. The fourth-order valence-electron chi connectivity index (χ4n) is 3.46. The minimum absolute atomic E-state index is 0.0155. The summed E-state index contributed by atoms with van der Waals surface area (Å²) < 4.78 is 39.2. The summed E-state index contributed by atoms with van der Waals surface area (Å²) in [5.41, 5.74) is 3.19. The highest BCUT2D eigenvalue weighted by Crippen LogP contribution is 2.30. The Hall–Kier alpha value is -3.23.